The van der Waals surface area contributed by atoms with E-state index >= 15 is 0 Å². The Labute approximate surface area is 172 Å². The molecule has 12 nitrogen and oxygen atoms in total. The maximum atomic E-state index is 10.5. The summed E-state index contributed by atoms with van der Waals surface area (Å²) in [6.45, 7) is 17.4. The fourth-order valence-corrected chi connectivity index (χ4v) is 1.66. The van der Waals surface area contributed by atoms with Crippen molar-refractivity contribution < 1.29 is 13.5 Å². The van der Waals surface area contributed by atoms with Crippen molar-refractivity contribution in [2.75, 3.05) is 0 Å². The summed E-state index contributed by atoms with van der Waals surface area (Å²) >= 11 is 0. The summed E-state index contributed by atoms with van der Waals surface area (Å²) in [6, 6.07) is 0. The van der Waals surface area contributed by atoms with E-state index in [9.17, 15) is 14.4 Å². The molecule has 3 N–H and O–H groups in total. The van der Waals surface area contributed by atoms with Crippen LogP contribution in [0.3, 0.4) is 0 Å². The molecule has 0 spiro atoms. The molecule has 0 saturated heterocycles. The number of hydrogen-bond donors (Lipinski definition) is 3. The summed E-state index contributed by atoms with van der Waals surface area (Å²) < 4.78 is 13.4. The normalized spacial score (nSPS) is 11.9. The van der Waals surface area contributed by atoms with Crippen LogP contribution in [0, 0.1) is 0 Å². The van der Waals surface area contributed by atoms with Crippen LogP contribution in [-0.4, -0.2) is 30.5 Å². The Morgan fingerprint density at radius 2 is 1.03 bits per heavy atom. The lowest BCUT2D eigenvalue weighted by molar-refractivity contribution is 0.369. The maximum Gasteiger partial charge on any atom is 0.438 e. The van der Waals surface area contributed by atoms with Gasteiger partial charge in [0.1, 0.15) is 0 Å². The fraction of sp³-hybridized carbons (Fsp3) is 0.667. The molecule has 3 aromatic rings. The average molecular weight is 426 g/mol. The molecule has 3 heterocycles. The average Bonchev–Trinajstić information content (AvgIpc) is 3.27. The van der Waals surface area contributed by atoms with E-state index in [4.69, 9.17) is 4.42 Å². The number of nitrogens with one attached hydrogen (secondary N) is 3. The molecule has 0 radical (unpaired) electrons. The number of rotatable bonds is 0. The van der Waals surface area contributed by atoms with Crippen LogP contribution in [0.4, 0.5) is 0 Å². The van der Waals surface area contributed by atoms with Crippen LogP contribution in [-0.2, 0) is 16.2 Å². The van der Waals surface area contributed by atoms with E-state index in [1.54, 1.807) is 0 Å². The van der Waals surface area contributed by atoms with Gasteiger partial charge in [-0.15, -0.1) is 5.10 Å². The second-order valence-corrected chi connectivity index (χ2v) is 9.56. The van der Waals surface area contributed by atoms with E-state index in [2.05, 4.69) is 39.5 Å². The van der Waals surface area contributed by atoms with Crippen LogP contribution in [0.5, 0.6) is 0 Å². The van der Waals surface area contributed by atoms with Crippen molar-refractivity contribution in [3.63, 3.8) is 0 Å². The van der Waals surface area contributed by atoms with Gasteiger partial charge in [-0.1, -0.05) is 72.6 Å². The number of nitrogens with zero attached hydrogens (tertiary/aromatic N) is 3. The Hall–Kier alpha value is -3.18. The Balaban J connectivity index is 0.000000225. The van der Waals surface area contributed by atoms with Gasteiger partial charge in [-0.3, -0.25) is 19.0 Å². The molecule has 0 bridgehead atoms. The van der Waals surface area contributed by atoms with Gasteiger partial charge in [-0.2, -0.15) is 0 Å². The van der Waals surface area contributed by atoms with Gasteiger partial charge >= 0.3 is 17.3 Å². The van der Waals surface area contributed by atoms with Gasteiger partial charge in [0.25, 0.3) is 0 Å². The Morgan fingerprint density at radius 1 is 0.633 bits per heavy atom. The molecule has 12 heteroatoms. The first kappa shape index (κ1) is 24.9. The van der Waals surface area contributed by atoms with Crippen molar-refractivity contribution in [1.82, 2.24) is 30.5 Å². The highest BCUT2D eigenvalue weighted by molar-refractivity contribution is 4.97. The molecule has 0 amide bonds. The van der Waals surface area contributed by atoms with Gasteiger partial charge in [-0.25, -0.2) is 19.5 Å². The number of aromatic amines is 3. The summed E-state index contributed by atoms with van der Waals surface area (Å²) in [5, 5.41) is 13.0. The molecule has 0 aromatic carbocycles. The lowest BCUT2D eigenvalue weighted by atomic mass is 9.96. The molecule has 0 aliphatic carbocycles. The van der Waals surface area contributed by atoms with E-state index in [0.29, 0.717) is 17.5 Å². The van der Waals surface area contributed by atoms with Gasteiger partial charge in [0.2, 0.25) is 5.89 Å². The molecule has 0 aliphatic rings. The maximum absolute atomic E-state index is 10.5. The van der Waals surface area contributed by atoms with Crippen LogP contribution in [0.15, 0.2) is 27.8 Å². The third-order valence-electron chi connectivity index (χ3n) is 3.38. The minimum atomic E-state index is -0.495. The SMILES string of the molecule is CC(C)(C)c1n[nH]c(=O)o1.CC(C)(C)c1noc(=O)[nH]1.CC(C)(C)c1noc(=O)[nH]1. The van der Waals surface area contributed by atoms with Crippen molar-refractivity contribution in [3.8, 4) is 0 Å². The largest absolute Gasteiger partial charge is 0.438 e. The van der Waals surface area contributed by atoms with E-state index in [1.165, 1.54) is 0 Å². The van der Waals surface area contributed by atoms with Crippen molar-refractivity contribution >= 4 is 0 Å². The summed E-state index contributed by atoms with van der Waals surface area (Å²) in [4.78, 5) is 36.3. The molecule has 0 aliphatic heterocycles. The monoisotopic (exact) mass is 426 g/mol. The highest BCUT2D eigenvalue weighted by atomic mass is 16.5. The second kappa shape index (κ2) is 9.09. The smallest absolute Gasteiger partial charge is 0.392 e. The molecule has 30 heavy (non-hydrogen) atoms. The molecule has 168 valence electrons. The number of H-pyrrole nitrogens is 3. The summed E-state index contributed by atoms with van der Waals surface area (Å²) in [5.74, 6) is 0.118. The number of aromatic nitrogens is 6. The second-order valence-electron chi connectivity index (χ2n) is 9.56. The van der Waals surface area contributed by atoms with Crippen LogP contribution >= 0.6 is 0 Å². The van der Waals surface area contributed by atoms with Gasteiger partial charge < -0.3 is 4.42 Å². The first-order chi connectivity index (χ1) is 13.5. The van der Waals surface area contributed by atoms with Gasteiger partial charge in [0.15, 0.2) is 11.6 Å². The van der Waals surface area contributed by atoms with Crippen molar-refractivity contribution in [3.05, 3.63) is 49.2 Å². The van der Waals surface area contributed by atoms with Gasteiger partial charge in [0.05, 0.1) is 0 Å². The van der Waals surface area contributed by atoms with Crippen molar-refractivity contribution in [2.24, 2.45) is 0 Å². The van der Waals surface area contributed by atoms with Crippen molar-refractivity contribution in [2.45, 2.75) is 78.6 Å². The summed E-state index contributed by atoms with van der Waals surface area (Å²) in [6.07, 6.45) is 0. The van der Waals surface area contributed by atoms with Gasteiger partial charge in [-0.05, 0) is 0 Å². The van der Waals surface area contributed by atoms with E-state index in [1.807, 2.05) is 62.3 Å². The molecular formula is C18H30N6O6. The van der Waals surface area contributed by atoms with Crippen LogP contribution < -0.4 is 17.3 Å². The van der Waals surface area contributed by atoms with E-state index in [-0.39, 0.29) is 16.2 Å². The molecule has 0 unspecified atom stereocenters. The minimum absolute atomic E-state index is 0.147. The Morgan fingerprint density at radius 3 is 1.17 bits per heavy atom. The minimum Gasteiger partial charge on any atom is -0.392 e. The highest BCUT2D eigenvalue weighted by Crippen LogP contribution is 2.17. The Bertz CT molecular complexity index is 936. The first-order valence-corrected chi connectivity index (χ1v) is 9.19. The van der Waals surface area contributed by atoms with E-state index in [0.717, 1.165) is 0 Å². The zero-order valence-corrected chi connectivity index (χ0v) is 18.8. The van der Waals surface area contributed by atoms with Crippen LogP contribution in [0.25, 0.3) is 0 Å². The zero-order valence-electron chi connectivity index (χ0n) is 18.8. The highest BCUT2D eigenvalue weighted by Gasteiger charge is 2.20. The fourth-order valence-electron chi connectivity index (χ4n) is 1.66. The zero-order chi connectivity index (χ0) is 23.3. The van der Waals surface area contributed by atoms with E-state index < -0.39 is 17.3 Å². The van der Waals surface area contributed by atoms with Crippen molar-refractivity contribution in [1.29, 1.82) is 0 Å². The molecule has 3 aromatic heterocycles. The standard InChI is InChI=1S/3C6H10N2O2/c1-6(2,3)4-7-8-5(9)10-4;2*1-6(2,3)4-7-5(9)10-8-4/h1-3H3,(H,8,9);2*1-3H3,(H,7,8,9). The summed E-state index contributed by atoms with van der Waals surface area (Å²) in [7, 11) is 0. The molecule has 0 saturated carbocycles. The quantitative estimate of drug-likeness (QED) is 0.485. The predicted molar refractivity (Wildman–Crippen MR) is 107 cm³/mol. The molecule has 3 rings (SSSR count). The van der Waals surface area contributed by atoms with Gasteiger partial charge in [0, 0.05) is 16.2 Å². The van der Waals surface area contributed by atoms with Crippen LogP contribution in [0.2, 0.25) is 0 Å². The lowest BCUT2D eigenvalue weighted by Crippen LogP contribution is -2.14. The third kappa shape index (κ3) is 8.05. The first-order valence-electron chi connectivity index (χ1n) is 9.19. The number of hydrogen-bond acceptors (Lipinski definition) is 9. The van der Waals surface area contributed by atoms with Crippen LogP contribution in [0.1, 0.15) is 79.9 Å². The lowest BCUT2D eigenvalue weighted by Gasteiger charge is -2.11. The third-order valence-corrected chi connectivity index (χ3v) is 3.38. The molecular weight excluding hydrogens is 396 g/mol. The summed E-state index contributed by atoms with van der Waals surface area (Å²) in [5.41, 5.74) is -0.489. The topological polar surface area (TPSA) is 177 Å². The molecule has 0 atom stereocenters. The Kier molecular flexibility index (Phi) is 7.54. The predicted octanol–water partition coefficient (Wildman–Crippen LogP) is 1.98. The molecule has 0 fully saturated rings.